The van der Waals surface area contributed by atoms with E-state index in [9.17, 15) is 4.79 Å². The first-order valence-corrected chi connectivity index (χ1v) is 9.46. The molecule has 6 heteroatoms. The molecule has 4 rings (SSSR count). The lowest BCUT2D eigenvalue weighted by molar-refractivity contribution is 0.0223. The number of likely N-dealkylation sites (tertiary alicyclic amines) is 1. The van der Waals surface area contributed by atoms with Crippen LogP contribution in [0, 0.1) is 5.92 Å². The van der Waals surface area contributed by atoms with Crippen molar-refractivity contribution in [3.63, 3.8) is 0 Å². The molecule has 1 amide bonds. The van der Waals surface area contributed by atoms with Crippen LogP contribution in [-0.2, 0) is 17.7 Å². The molecule has 0 N–H and O–H groups in total. The molecule has 1 atom stereocenters. The summed E-state index contributed by atoms with van der Waals surface area (Å²) in [4.78, 5) is 17.4. The predicted octanol–water partition coefficient (Wildman–Crippen LogP) is 1.40. The average molecular weight is 332 g/mol. The van der Waals surface area contributed by atoms with E-state index in [1.807, 2.05) is 15.6 Å². The monoisotopic (exact) mass is 332 g/mol. The van der Waals surface area contributed by atoms with Crippen molar-refractivity contribution in [2.24, 2.45) is 5.92 Å². The Kier molecular flexibility index (Phi) is 4.85. The van der Waals surface area contributed by atoms with E-state index < -0.39 is 0 Å². The van der Waals surface area contributed by atoms with Crippen LogP contribution in [0.25, 0.3) is 0 Å². The normalized spacial score (nSPS) is 25.5. The second kappa shape index (κ2) is 7.23. The quantitative estimate of drug-likeness (QED) is 0.840. The van der Waals surface area contributed by atoms with Crippen LogP contribution in [0.1, 0.15) is 41.9 Å². The molecule has 0 spiro atoms. The van der Waals surface area contributed by atoms with Crippen molar-refractivity contribution in [2.45, 2.75) is 38.6 Å². The van der Waals surface area contributed by atoms with Crippen LogP contribution in [0.5, 0.6) is 0 Å². The van der Waals surface area contributed by atoms with E-state index in [1.165, 1.54) is 25.0 Å². The lowest BCUT2D eigenvalue weighted by Gasteiger charge is -2.36. The highest BCUT2D eigenvalue weighted by Gasteiger charge is 2.28. The first kappa shape index (κ1) is 16.1. The topological polar surface area (TPSA) is 50.6 Å². The molecule has 0 bridgehead atoms. The largest absolute Gasteiger partial charge is 0.379 e. The van der Waals surface area contributed by atoms with Crippen LogP contribution >= 0.6 is 0 Å². The standard InChI is InChI=1S/C18H28N4O2/c23-18(17-12-16-5-1-2-7-22(16)19-17)21-6-3-4-15(14-21)13-20-8-10-24-11-9-20/h12,15H,1-11,13-14H2/t15-/m0/s1. The number of rotatable bonds is 3. The Morgan fingerprint density at radius 2 is 2.04 bits per heavy atom. The van der Waals surface area contributed by atoms with Gasteiger partial charge in [-0.05, 0) is 44.1 Å². The summed E-state index contributed by atoms with van der Waals surface area (Å²) in [6, 6.07) is 2.02. The maximum absolute atomic E-state index is 12.9. The summed E-state index contributed by atoms with van der Waals surface area (Å²) < 4.78 is 7.46. The van der Waals surface area contributed by atoms with Gasteiger partial charge in [-0.3, -0.25) is 14.4 Å². The van der Waals surface area contributed by atoms with Gasteiger partial charge in [-0.25, -0.2) is 0 Å². The van der Waals surface area contributed by atoms with Crippen molar-refractivity contribution in [3.05, 3.63) is 17.5 Å². The Morgan fingerprint density at radius 3 is 2.88 bits per heavy atom. The molecule has 0 saturated carbocycles. The maximum Gasteiger partial charge on any atom is 0.274 e. The molecule has 4 heterocycles. The Morgan fingerprint density at radius 1 is 1.17 bits per heavy atom. The molecule has 0 unspecified atom stereocenters. The van der Waals surface area contributed by atoms with E-state index in [1.54, 1.807) is 0 Å². The van der Waals surface area contributed by atoms with Crippen LogP contribution in [0.4, 0.5) is 0 Å². The number of hydrogen-bond donors (Lipinski definition) is 0. The van der Waals surface area contributed by atoms with Gasteiger partial charge in [0.05, 0.1) is 13.2 Å². The highest BCUT2D eigenvalue weighted by atomic mass is 16.5. The second-order valence-corrected chi connectivity index (χ2v) is 7.37. The summed E-state index contributed by atoms with van der Waals surface area (Å²) in [5.74, 6) is 0.710. The Bertz CT molecular complexity index is 556. The lowest BCUT2D eigenvalue weighted by atomic mass is 9.97. The third kappa shape index (κ3) is 3.49. The Hall–Kier alpha value is -1.40. The number of fused-ring (bicyclic) bond motifs is 1. The summed E-state index contributed by atoms with van der Waals surface area (Å²) >= 11 is 0. The van der Waals surface area contributed by atoms with Crippen LogP contribution in [0.15, 0.2) is 6.07 Å². The fourth-order valence-electron chi connectivity index (χ4n) is 4.23. The van der Waals surface area contributed by atoms with Crippen molar-refractivity contribution in [1.82, 2.24) is 19.6 Å². The number of ether oxygens (including phenoxy) is 1. The summed E-state index contributed by atoms with van der Waals surface area (Å²) in [7, 11) is 0. The Balaban J connectivity index is 1.38. The number of piperidine rings is 1. The molecule has 6 nitrogen and oxygen atoms in total. The van der Waals surface area contributed by atoms with Gasteiger partial charge in [0.1, 0.15) is 0 Å². The van der Waals surface area contributed by atoms with Gasteiger partial charge in [0.2, 0.25) is 0 Å². The van der Waals surface area contributed by atoms with E-state index in [-0.39, 0.29) is 5.91 Å². The van der Waals surface area contributed by atoms with Crippen LogP contribution in [0.2, 0.25) is 0 Å². The third-order valence-corrected chi connectivity index (χ3v) is 5.56. The molecule has 1 aromatic heterocycles. The predicted molar refractivity (Wildman–Crippen MR) is 91.1 cm³/mol. The number of carbonyl (C=O) groups excluding carboxylic acids is 1. The number of nitrogens with zero attached hydrogens (tertiary/aromatic N) is 4. The fourth-order valence-corrected chi connectivity index (χ4v) is 4.23. The van der Waals surface area contributed by atoms with Crippen molar-refractivity contribution < 1.29 is 9.53 Å². The van der Waals surface area contributed by atoms with Gasteiger partial charge < -0.3 is 9.64 Å². The van der Waals surface area contributed by atoms with Crippen molar-refractivity contribution in [3.8, 4) is 0 Å². The average Bonchev–Trinajstić information content (AvgIpc) is 3.06. The highest BCUT2D eigenvalue weighted by Crippen LogP contribution is 2.21. The molecule has 2 saturated heterocycles. The van der Waals surface area contributed by atoms with Gasteiger partial charge in [0.15, 0.2) is 5.69 Å². The van der Waals surface area contributed by atoms with Crippen molar-refractivity contribution in [2.75, 3.05) is 45.9 Å². The molecule has 132 valence electrons. The molecular weight excluding hydrogens is 304 g/mol. The summed E-state index contributed by atoms with van der Waals surface area (Å²) in [5.41, 5.74) is 1.88. The third-order valence-electron chi connectivity index (χ3n) is 5.56. The number of carbonyl (C=O) groups is 1. The molecule has 0 aromatic carbocycles. The zero-order valence-corrected chi connectivity index (χ0v) is 14.5. The van der Waals surface area contributed by atoms with E-state index in [0.29, 0.717) is 11.6 Å². The lowest BCUT2D eigenvalue weighted by Crippen LogP contribution is -2.46. The van der Waals surface area contributed by atoms with E-state index >= 15 is 0 Å². The molecule has 3 aliphatic rings. The maximum atomic E-state index is 12.9. The molecular formula is C18H28N4O2. The number of aromatic nitrogens is 2. The highest BCUT2D eigenvalue weighted by molar-refractivity contribution is 5.92. The van der Waals surface area contributed by atoms with Gasteiger partial charge >= 0.3 is 0 Å². The molecule has 0 radical (unpaired) electrons. The molecule has 1 aromatic rings. The number of morpholine rings is 1. The van der Waals surface area contributed by atoms with Gasteiger partial charge in [-0.15, -0.1) is 0 Å². The summed E-state index contributed by atoms with van der Waals surface area (Å²) in [5, 5.41) is 4.57. The molecule has 2 fully saturated rings. The minimum atomic E-state index is 0.128. The van der Waals surface area contributed by atoms with E-state index in [0.717, 1.165) is 65.3 Å². The van der Waals surface area contributed by atoms with Crippen molar-refractivity contribution in [1.29, 1.82) is 0 Å². The van der Waals surface area contributed by atoms with Crippen LogP contribution in [-0.4, -0.2) is 71.4 Å². The van der Waals surface area contributed by atoms with E-state index in [4.69, 9.17) is 4.74 Å². The first-order chi connectivity index (χ1) is 11.8. The Labute approximate surface area is 143 Å². The van der Waals surface area contributed by atoms with Gasteiger partial charge in [-0.2, -0.15) is 5.10 Å². The zero-order chi connectivity index (χ0) is 16.4. The SMILES string of the molecule is O=C(c1cc2n(n1)CCCC2)N1CCC[C@@H](CN2CCOCC2)C1. The smallest absolute Gasteiger partial charge is 0.274 e. The van der Waals surface area contributed by atoms with Gasteiger partial charge in [0.25, 0.3) is 5.91 Å². The van der Waals surface area contributed by atoms with Crippen LogP contribution in [0.3, 0.4) is 0 Å². The fraction of sp³-hybridized carbons (Fsp3) is 0.778. The molecule has 24 heavy (non-hydrogen) atoms. The minimum Gasteiger partial charge on any atom is -0.379 e. The number of aryl methyl sites for hydroxylation is 2. The molecule has 0 aliphatic carbocycles. The first-order valence-electron chi connectivity index (χ1n) is 9.46. The van der Waals surface area contributed by atoms with Crippen molar-refractivity contribution >= 4 is 5.91 Å². The zero-order valence-electron chi connectivity index (χ0n) is 14.5. The second-order valence-electron chi connectivity index (χ2n) is 7.37. The van der Waals surface area contributed by atoms with Crippen LogP contribution < -0.4 is 0 Å². The number of amides is 1. The van der Waals surface area contributed by atoms with E-state index in [2.05, 4.69) is 10.00 Å². The summed E-state index contributed by atoms with van der Waals surface area (Å²) in [6.45, 7) is 7.54. The number of hydrogen-bond acceptors (Lipinski definition) is 4. The minimum absolute atomic E-state index is 0.128. The summed E-state index contributed by atoms with van der Waals surface area (Å²) in [6.07, 6.45) is 5.77. The van der Waals surface area contributed by atoms with Gasteiger partial charge in [0, 0.05) is 45.0 Å². The molecule has 3 aliphatic heterocycles. The van der Waals surface area contributed by atoms with Gasteiger partial charge in [-0.1, -0.05) is 0 Å².